The molecule has 1 saturated heterocycles. The number of hydrogen-bond acceptors (Lipinski definition) is 4. The summed E-state index contributed by atoms with van der Waals surface area (Å²) in [5.41, 5.74) is -0.306. The second kappa shape index (κ2) is 6.20. The number of carbonyl (C=O) groups is 1. The van der Waals surface area contributed by atoms with E-state index in [2.05, 4.69) is 10.2 Å². The molecule has 1 atom stereocenters. The fourth-order valence-corrected chi connectivity index (χ4v) is 3.18. The highest BCUT2D eigenvalue weighted by molar-refractivity contribution is 5.78. The Morgan fingerprint density at radius 1 is 1.42 bits per heavy atom. The van der Waals surface area contributed by atoms with Crippen LogP contribution in [0.3, 0.4) is 0 Å². The molecule has 1 heterocycles. The van der Waals surface area contributed by atoms with Crippen LogP contribution >= 0.6 is 0 Å². The van der Waals surface area contributed by atoms with Crippen molar-refractivity contribution in [3.63, 3.8) is 0 Å². The van der Waals surface area contributed by atoms with Gasteiger partial charge in [-0.2, -0.15) is 0 Å². The Morgan fingerprint density at radius 3 is 2.74 bits per heavy atom. The van der Waals surface area contributed by atoms with Gasteiger partial charge in [0, 0.05) is 19.1 Å². The summed E-state index contributed by atoms with van der Waals surface area (Å²) < 4.78 is 5.74. The molecule has 0 aromatic rings. The molecule has 5 nitrogen and oxygen atoms in total. The van der Waals surface area contributed by atoms with E-state index in [1.54, 1.807) is 0 Å². The number of hydrogen-bond donors (Lipinski definition) is 2. The molecule has 2 rings (SSSR count). The van der Waals surface area contributed by atoms with Crippen molar-refractivity contribution in [2.45, 2.75) is 57.3 Å². The Bertz CT molecular complexity index is 314. The topological polar surface area (TPSA) is 61.8 Å². The Balaban J connectivity index is 1.81. The maximum atomic E-state index is 12.0. The predicted octanol–water partition coefficient (Wildman–Crippen LogP) is 0.517. The lowest BCUT2D eigenvalue weighted by atomic mass is 10.1. The number of aliphatic hydroxyl groups is 1. The number of carbonyl (C=O) groups excluding carboxylic acids is 1. The second-order valence-electron chi connectivity index (χ2n) is 6.40. The van der Waals surface area contributed by atoms with Crippen LogP contribution in [-0.4, -0.2) is 59.9 Å². The Hall–Kier alpha value is -0.650. The lowest BCUT2D eigenvalue weighted by Gasteiger charge is -2.42. The van der Waals surface area contributed by atoms with Gasteiger partial charge in [-0.25, -0.2) is 0 Å². The first-order valence-corrected chi connectivity index (χ1v) is 7.29. The van der Waals surface area contributed by atoms with E-state index in [-0.39, 0.29) is 24.2 Å². The van der Waals surface area contributed by atoms with E-state index in [1.807, 2.05) is 13.8 Å². The third-order valence-electron chi connectivity index (χ3n) is 3.84. The van der Waals surface area contributed by atoms with Crippen LogP contribution in [0.25, 0.3) is 0 Å². The third-order valence-corrected chi connectivity index (χ3v) is 3.84. The van der Waals surface area contributed by atoms with Crippen LogP contribution in [0.1, 0.15) is 39.5 Å². The van der Waals surface area contributed by atoms with Crippen LogP contribution in [0.15, 0.2) is 0 Å². The molecule has 0 aromatic heterocycles. The van der Waals surface area contributed by atoms with E-state index in [0.29, 0.717) is 19.1 Å². The van der Waals surface area contributed by atoms with Gasteiger partial charge >= 0.3 is 0 Å². The highest BCUT2D eigenvalue weighted by atomic mass is 16.5. The number of nitrogens with one attached hydrogen (secondary N) is 1. The first-order chi connectivity index (χ1) is 8.98. The van der Waals surface area contributed by atoms with E-state index in [1.165, 1.54) is 12.8 Å². The lowest BCUT2D eigenvalue weighted by molar-refractivity contribution is -0.153. The quantitative estimate of drug-likeness (QED) is 0.782. The maximum Gasteiger partial charge on any atom is 0.234 e. The van der Waals surface area contributed by atoms with Crippen LogP contribution in [-0.2, 0) is 9.53 Å². The zero-order valence-electron chi connectivity index (χ0n) is 12.0. The van der Waals surface area contributed by atoms with E-state index in [4.69, 9.17) is 4.74 Å². The van der Waals surface area contributed by atoms with Gasteiger partial charge in [-0.15, -0.1) is 0 Å². The summed E-state index contributed by atoms with van der Waals surface area (Å²) in [6.07, 6.45) is 4.48. The summed E-state index contributed by atoms with van der Waals surface area (Å²) in [7, 11) is 0. The van der Waals surface area contributed by atoms with E-state index < -0.39 is 0 Å². The van der Waals surface area contributed by atoms with Crippen molar-refractivity contribution in [3.05, 3.63) is 0 Å². The monoisotopic (exact) mass is 270 g/mol. The van der Waals surface area contributed by atoms with Crippen LogP contribution in [0.2, 0.25) is 0 Å². The smallest absolute Gasteiger partial charge is 0.234 e. The van der Waals surface area contributed by atoms with Crippen LogP contribution < -0.4 is 5.32 Å². The molecular weight excluding hydrogens is 244 g/mol. The van der Waals surface area contributed by atoms with Gasteiger partial charge in [0.2, 0.25) is 5.91 Å². The summed E-state index contributed by atoms with van der Waals surface area (Å²) in [4.78, 5) is 14.1. The summed E-state index contributed by atoms with van der Waals surface area (Å²) in [5.74, 6) is 0.0984. The van der Waals surface area contributed by atoms with Gasteiger partial charge in [0.05, 0.1) is 24.9 Å². The van der Waals surface area contributed by atoms with Crippen molar-refractivity contribution >= 4 is 5.91 Å². The molecule has 1 aliphatic carbocycles. The summed E-state index contributed by atoms with van der Waals surface area (Å²) >= 11 is 0. The number of rotatable bonds is 4. The molecule has 1 amide bonds. The first-order valence-electron chi connectivity index (χ1n) is 7.29. The summed E-state index contributed by atoms with van der Waals surface area (Å²) in [6, 6.07) is 0.371. The van der Waals surface area contributed by atoms with E-state index >= 15 is 0 Å². The zero-order valence-corrected chi connectivity index (χ0v) is 12.0. The number of amides is 1. The highest BCUT2D eigenvalue weighted by Gasteiger charge is 2.33. The molecule has 110 valence electrons. The minimum Gasteiger partial charge on any atom is -0.394 e. The summed E-state index contributed by atoms with van der Waals surface area (Å²) in [5, 5.41) is 12.4. The van der Waals surface area contributed by atoms with Crippen LogP contribution in [0, 0.1) is 0 Å². The highest BCUT2D eigenvalue weighted by Crippen LogP contribution is 2.21. The van der Waals surface area contributed by atoms with Crippen molar-refractivity contribution in [2.24, 2.45) is 0 Å². The molecule has 0 spiro atoms. The zero-order chi connectivity index (χ0) is 13.9. The average Bonchev–Trinajstić information content (AvgIpc) is 2.79. The molecule has 1 unspecified atom stereocenters. The second-order valence-corrected chi connectivity index (χ2v) is 6.40. The molecule has 5 heteroatoms. The molecule has 2 N–H and O–H groups in total. The Labute approximate surface area is 115 Å². The summed E-state index contributed by atoms with van der Waals surface area (Å²) in [6.45, 7) is 5.75. The van der Waals surface area contributed by atoms with Gasteiger partial charge in [0.1, 0.15) is 0 Å². The SMILES string of the molecule is CC1(C)CN(CC(=O)NC2CCCC2)CC(CO)O1. The number of ether oxygens (including phenoxy) is 1. The molecular formula is C14H26N2O3. The minimum atomic E-state index is -0.306. The lowest BCUT2D eigenvalue weighted by Crippen LogP contribution is -2.56. The largest absolute Gasteiger partial charge is 0.394 e. The van der Waals surface area contributed by atoms with Crippen LogP contribution in [0.4, 0.5) is 0 Å². The van der Waals surface area contributed by atoms with Crippen molar-refractivity contribution in [1.82, 2.24) is 10.2 Å². The molecule has 0 bridgehead atoms. The number of nitrogens with zero attached hydrogens (tertiary/aromatic N) is 1. The van der Waals surface area contributed by atoms with E-state index in [9.17, 15) is 9.90 Å². The molecule has 0 aromatic carbocycles. The Kier molecular flexibility index (Phi) is 4.81. The van der Waals surface area contributed by atoms with Gasteiger partial charge in [-0.05, 0) is 26.7 Å². The van der Waals surface area contributed by atoms with Gasteiger partial charge < -0.3 is 15.2 Å². The van der Waals surface area contributed by atoms with Gasteiger partial charge in [0.15, 0.2) is 0 Å². The number of morpholine rings is 1. The van der Waals surface area contributed by atoms with Gasteiger partial charge in [-0.3, -0.25) is 9.69 Å². The fourth-order valence-electron chi connectivity index (χ4n) is 3.18. The molecule has 2 fully saturated rings. The molecule has 0 radical (unpaired) electrons. The molecule has 1 saturated carbocycles. The van der Waals surface area contributed by atoms with E-state index in [0.717, 1.165) is 19.4 Å². The number of aliphatic hydroxyl groups excluding tert-OH is 1. The predicted molar refractivity (Wildman–Crippen MR) is 72.9 cm³/mol. The van der Waals surface area contributed by atoms with Crippen molar-refractivity contribution < 1.29 is 14.6 Å². The van der Waals surface area contributed by atoms with Crippen molar-refractivity contribution in [1.29, 1.82) is 0 Å². The maximum absolute atomic E-state index is 12.0. The van der Waals surface area contributed by atoms with Crippen LogP contribution in [0.5, 0.6) is 0 Å². The normalized spacial score (nSPS) is 28.5. The standard InChI is InChI=1S/C14H26N2O3/c1-14(2)10-16(7-12(9-17)19-14)8-13(18)15-11-5-3-4-6-11/h11-12,17H,3-10H2,1-2H3,(H,15,18). The molecule has 1 aliphatic heterocycles. The molecule has 2 aliphatic rings. The average molecular weight is 270 g/mol. The third kappa shape index (κ3) is 4.44. The van der Waals surface area contributed by atoms with Crippen molar-refractivity contribution in [2.75, 3.05) is 26.2 Å². The first kappa shape index (κ1) is 14.8. The van der Waals surface area contributed by atoms with Gasteiger partial charge in [0.25, 0.3) is 0 Å². The minimum absolute atomic E-state index is 0.00414. The fraction of sp³-hybridized carbons (Fsp3) is 0.929. The van der Waals surface area contributed by atoms with Gasteiger partial charge in [-0.1, -0.05) is 12.8 Å². The van der Waals surface area contributed by atoms with Crippen molar-refractivity contribution in [3.8, 4) is 0 Å². The Morgan fingerprint density at radius 2 is 2.11 bits per heavy atom. The molecule has 19 heavy (non-hydrogen) atoms.